The highest BCUT2D eigenvalue weighted by Crippen LogP contribution is 2.33. The second-order valence-electron chi connectivity index (χ2n) is 8.08. The van der Waals surface area contributed by atoms with Crippen molar-refractivity contribution < 1.29 is 4.74 Å². The lowest BCUT2D eigenvalue weighted by molar-refractivity contribution is 0.122. The largest absolute Gasteiger partial charge is 0.378 e. The SMILES string of the molecule is CN(c1cccc(-c2cnc(N3CCOCC3)nc2)c1)c1nc2nncn2c2cc(Cl)ccc12. The summed E-state index contributed by atoms with van der Waals surface area (Å²) >= 11 is 6.28. The van der Waals surface area contributed by atoms with Gasteiger partial charge in [0.25, 0.3) is 5.78 Å². The van der Waals surface area contributed by atoms with Crippen molar-refractivity contribution in [3.63, 3.8) is 0 Å². The Bertz CT molecular complexity index is 1480. The van der Waals surface area contributed by atoms with Gasteiger partial charge in [-0.25, -0.2) is 9.97 Å². The molecular formula is C24H21ClN8O. The minimum Gasteiger partial charge on any atom is -0.378 e. The zero-order valence-electron chi connectivity index (χ0n) is 18.5. The third-order valence-corrected chi connectivity index (χ3v) is 6.25. The Kier molecular flexibility index (Phi) is 5.20. The molecule has 3 aromatic heterocycles. The highest BCUT2D eigenvalue weighted by molar-refractivity contribution is 6.31. The minimum atomic E-state index is 0.514. The number of hydrogen-bond acceptors (Lipinski definition) is 8. The van der Waals surface area contributed by atoms with Crippen LogP contribution >= 0.6 is 11.6 Å². The number of rotatable bonds is 4. The number of anilines is 3. The summed E-state index contributed by atoms with van der Waals surface area (Å²) in [5, 5.41) is 9.75. The number of ether oxygens (including phenoxy) is 1. The molecule has 1 aliphatic heterocycles. The van der Waals surface area contributed by atoms with Crippen LogP contribution in [-0.2, 0) is 4.74 Å². The molecular weight excluding hydrogens is 452 g/mol. The van der Waals surface area contributed by atoms with Crippen molar-refractivity contribution in [1.29, 1.82) is 0 Å². The quantitative estimate of drug-likeness (QED) is 0.388. The van der Waals surface area contributed by atoms with E-state index in [1.165, 1.54) is 0 Å². The summed E-state index contributed by atoms with van der Waals surface area (Å²) in [6.07, 6.45) is 5.38. The number of halogens is 1. The molecule has 10 heteroatoms. The van der Waals surface area contributed by atoms with Gasteiger partial charge in [-0.2, -0.15) is 4.98 Å². The molecule has 9 nitrogen and oxygen atoms in total. The lowest BCUT2D eigenvalue weighted by Gasteiger charge is -2.26. The summed E-state index contributed by atoms with van der Waals surface area (Å²) < 4.78 is 7.25. The van der Waals surface area contributed by atoms with Crippen LogP contribution in [0, 0.1) is 0 Å². The van der Waals surface area contributed by atoms with Gasteiger partial charge in [0, 0.05) is 54.2 Å². The van der Waals surface area contributed by atoms with E-state index < -0.39 is 0 Å². The molecule has 0 amide bonds. The van der Waals surface area contributed by atoms with Gasteiger partial charge in [0.05, 0.1) is 18.7 Å². The topological polar surface area (TPSA) is 84.6 Å². The van der Waals surface area contributed by atoms with Crippen LogP contribution in [0.25, 0.3) is 27.8 Å². The lowest BCUT2D eigenvalue weighted by atomic mass is 10.1. The average molecular weight is 473 g/mol. The number of morpholine rings is 1. The molecule has 0 spiro atoms. The fraction of sp³-hybridized carbons (Fsp3) is 0.208. The van der Waals surface area contributed by atoms with Crippen LogP contribution in [0.3, 0.4) is 0 Å². The smallest absolute Gasteiger partial charge is 0.257 e. The van der Waals surface area contributed by atoms with E-state index in [0.29, 0.717) is 24.0 Å². The maximum absolute atomic E-state index is 6.28. The Morgan fingerprint density at radius 1 is 1.00 bits per heavy atom. The fourth-order valence-electron chi connectivity index (χ4n) is 4.19. The minimum absolute atomic E-state index is 0.514. The zero-order valence-corrected chi connectivity index (χ0v) is 19.2. The second-order valence-corrected chi connectivity index (χ2v) is 8.51. The first-order chi connectivity index (χ1) is 16.7. The standard InChI is InChI=1S/C24H21ClN8O/c1-31(22-20-6-5-18(25)12-21(20)33-15-28-30-24(33)29-22)19-4-2-3-16(11-19)17-13-26-23(27-14-17)32-7-9-34-10-8-32/h2-6,11-15H,7-10H2,1H3. The monoisotopic (exact) mass is 472 g/mol. The molecule has 0 atom stereocenters. The van der Waals surface area contributed by atoms with Crippen LogP contribution in [0.15, 0.2) is 61.2 Å². The molecule has 1 saturated heterocycles. The van der Waals surface area contributed by atoms with Crippen molar-refractivity contribution in [2.75, 3.05) is 43.2 Å². The maximum Gasteiger partial charge on any atom is 0.257 e. The van der Waals surface area contributed by atoms with E-state index in [-0.39, 0.29) is 0 Å². The van der Waals surface area contributed by atoms with Crippen LogP contribution in [0.4, 0.5) is 17.5 Å². The molecule has 4 heterocycles. The summed E-state index contributed by atoms with van der Waals surface area (Å²) in [6.45, 7) is 3.02. The third kappa shape index (κ3) is 3.68. The van der Waals surface area contributed by atoms with Gasteiger partial charge < -0.3 is 14.5 Å². The molecule has 6 rings (SSSR count). The van der Waals surface area contributed by atoms with Gasteiger partial charge in [-0.3, -0.25) is 4.40 Å². The van der Waals surface area contributed by atoms with E-state index in [1.54, 1.807) is 6.33 Å². The third-order valence-electron chi connectivity index (χ3n) is 6.01. The summed E-state index contributed by atoms with van der Waals surface area (Å²) in [7, 11) is 1.99. The molecule has 0 N–H and O–H groups in total. The number of benzene rings is 2. The van der Waals surface area contributed by atoms with Gasteiger partial charge in [-0.05, 0) is 35.9 Å². The summed E-state index contributed by atoms with van der Waals surface area (Å²) in [5.41, 5.74) is 3.84. The summed E-state index contributed by atoms with van der Waals surface area (Å²) in [5.74, 6) is 2.01. The first kappa shape index (κ1) is 20.8. The van der Waals surface area contributed by atoms with Crippen molar-refractivity contribution in [3.8, 4) is 11.1 Å². The first-order valence-electron chi connectivity index (χ1n) is 11.0. The second kappa shape index (κ2) is 8.51. The molecule has 1 aliphatic rings. The van der Waals surface area contributed by atoms with E-state index >= 15 is 0 Å². The molecule has 1 fully saturated rings. The van der Waals surface area contributed by atoms with Crippen molar-refractivity contribution >= 4 is 45.7 Å². The van der Waals surface area contributed by atoms with E-state index in [9.17, 15) is 0 Å². The predicted molar refractivity (Wildman–Crippen MR) is 132 cm³/mol. The van der Waals surface area contributed by atoms with E-state index in [4.69, 9.17) is 21.3 Å². The van der Waals surface area contributed by atoms with Crippen LogP contribution in [0.2, 0.25) is 5.02 Å². The molecule has 2 aromatic carbocycles. The molecule has 0 unspecified atom stereocenters. The summed E-state index contributed by atoms with van der Waals surface area (Å²) in [6, 6.07) is 14.0. The van der Waals surface area contributed by atoms with Gasteiger partial charge in [0.15, 0.2) is 0 Å². The highest BCUT2D eigenvalue weighted by atomic mass is 35.5. The van der Waals surface area contributed by atoms with Gasteiger partial charge in [0.1, 0.15) is 12.1 Å². The Morgan fingerprint density at radius 3 is 2.65 bits per heavy atom. The molecule has 34 heavy (non-hydrogen) atoms. The molecule has 0 saturated carbocycles. The van der Waals surface area contributed by atoms with Crippen molar-refractivity contribution in [3.05, 3.63) is 66.2 Å². The van der Waals surface area contributed by atoms with Crippen molar-refractivity contribution in [2.24, 2.45) is 0 Å². The predicted octanol–water partition coefficient (Wildman–Crippen LogP) is 3.99. The Morgan fingerprint density at radius 2 is 1.82 bits per heavy atom. The van der Waals surface area contributed by atoms with Crippen molar-refractivity contribution in [2.45, 2.75) is 0 Å². The van der Waals surface area contributed by atoms with Crippen LogP contribution in [0.1, 0.15) is 0 Å². The normalized spacial score (nSPS) is 14.1. The van der Waals surface area contributed by atoms with Crippen LogP contribution in [-0.4, -0.2) is 62.9 Å². The Balaban J connectivity index is 1.36. The van der Waals surface area contributed by atoms with Gasteiger partial charge >= 0.3 is 0 Å². The first-order valence-corrected chi connectivity index (χ1v) is 11.3. The fourth-order valence-corrected chi connectivity index (χ4v) is 4.36. The molecule has 170 valence electrons. The van der Waals surface area contributed by atoms with E-state index in [1.807, 2.05) is 59.1 Å². The summed E-state index contributed by atoms with van der Waals surface area (Å²) in [4.78, 5) is 18.1. The van der Waals surface area contributed by atoms with E-state index in [0.717, 1.165) is 52.6 Å². The Labute approximate surface area is 200 Å². The van der Waals surface area contributed by atoms with Gasteiger partial charge in [0.2, 0.25) is 5.95 Å². The number of nitrogens with zero attached hydrogens (tertiary/aromatic N) is 8. The van der Waals surface area contributed by atoms with Gasteiger partial charge in [-0.1, -0.05) is 23.7 Å². The lowest BCUT2D eigenvalue weighted by Crippen LogP contribution is -2.37. The average Bonchev–Trinajstić information content (AvgIpc) is 3.38. The zero-order chi connectivity index (χ0) is 23.1. The highest BCUT2D eigenvalue weighted by Gasteiger charge is 2.16. The van der Waals surface area contributed by atoms with Crippen LogP contribution in [0.5, 0.6) is 0 Å². The molecule has 5 aromatic rings. The number of fused-ring (bicyclic) bond motifs is 3. The van der Waals surface area contributed by atoms with Gasteiger partial charge in [-0.15, -0.1) is 10.2 Å². The number of hydrogen-bond donors (Lipinski definition) is 0. The molecule has 0 bridgehead atoms. The maximum atomic E-state index is 6.28. The molecule has 0 radical (unpaired) electrons. The van der Waals surface area contributed by atoms with E-state index in [2.05, 4.69) is 37.2 Å². The van der Waals surface area contributed by atoms with Crippen molar-refractivity contribution in [1.82, 2.24) is 29.5 Å². The van der Waals surface area contributed by atoms with Crippen LogP contribution < -0.4 is 9.80 Å². The molecule has 0 aliphatic carbocycles. The number of aromatic nitrogens is 6. The Hall–Kier alpha value is -3.82.